The van der Waals surface area contributed by atoms with Crippen LogP contribution in [0.4, 0.5) is 0 Å². The molecule has 0 aromatic heterocycles. The highest BCUT2D eigenvalue weighted by Gasteiger charge is 1.92. The lowest BCUT2D eigenvalue weighted by Gasteiger charge is -2.01. The maximum atomic E-state index is 2.27. The molecule has 112 valence electrons. The van der Waals surface area contributed by atoms with Crippen molar-refractivity contribution in [2.24, 2.45) is 0 Å². The van der Waals surface area contributed by atoms with Crippen LogP contribution in [0.15, 0.2) is 30.3 Å². The molecule has 0 heterocycles. The first-order chi connectivity index (χ1) is 9.35. The Morgan fingerprint density at radius 3 is 1.68 bits per heavy atom. The molecule has 0 spiro atoms. The Labute approximate surface area is 122 Å². The van der Waals surface area contributed by atoms with Gasteiger partial charge in [-0.3, -0.25) is 0 Å². The van der Waals surface area contributed by atoms with Crippen LogP contribution in [0.2, 0.25) is 0 Å². The average molecular weight is 264 g/mol. The van der Waals surface area contributed by atoms with Gasteiger partial charge in [0.2, 0.25) is 0 Å². The monoisotopic (exact) mass is 264 g/mol. The molecule has 0 saturated heterocycles. The van der Waals surface area contributed by atoms with Gasteiger partial charge in [0.1, 0.15) is 0 Å². The molecular formula is C19H36. The van der Waals surface area contributed by atoms with Gasteiger partial charge < -0.3 is 0 Å². The smallest absolute Gasteiger partial charge is 0.0279 e. The van der Waals surface area contributed by atoms with Crippen molar-refractivity contribution in [1.29, 1.82) is 0 Å². The standard InChI is InChI=1S/C14H22.C3H8.C2H6/c1-2-3-4-5-6-8-11-14-12-9-7-10-13-14;1-3-2;1-2/h7,9-10,12-13H,2-6,8,11H2,1H3;3H2,1-2H3;1-2H3. The minimum atomic E-state index is 1.25. The van der Waals surface area contributed by atoms with E-state index in [4.69, 9.17) is 0 Å². The summed E-state index contributed by atoms with van der Waals surface area (Å²) < 4.78 is 0. The highest BCUT2D eigenvalue weighted by atomic mass is 14.0. The third-order valence-electron chi connectivity index (χ3n) is 2.66. The van der Waals surface area contributed by atoms with Gasteiger partial charge in [0.15, 0.2) is 0 Å². The summed E-state index contributed by atoms with van der Waals surface area (Å²) in [7, 11) is 0. The van der Waals surface area contributed by atoms with Gasteiger partial charge in [-0.15, -0.1) is 0 Å². The van der Waals surface area contributed by atoms with Crippen molar-refractivity contribution in [2.75, 3.05) is 0 Å². The zero-order chi connectivity index (χ0) is 14.8. The Morgan fingerprint density at radius 1 is 0.684 bits per heavy atom. The first-order valence-corrected chi connectivity index (χ1v) is 8.39. The van der Waals surface area contributed by atoms with Gasteiger partial charge in [0, 0.05) is 0 Å². The molecule has 0 fully saturated rings. The normalized spacial score (nSPS) is 8.89. The van der Waals surface area contributed by atoms with Crippen molar-refractivity contribution in [3.8, 4) is 0 Å². The number of unbranched alkanes of at least 4 members (excludes halogenated alkanes) is 5. The van der Waals surface area contributed by atoms with Crippen LogP contribution in [-0.2, 0) is 6.42 Å². The predicted octanol–water partition coefficient (Wildman–Crippen LogP) is 7.03. The second-order valence-corrected chi connectivity index (χ2v) is 4.71. The minimum Gasteiger partial charge on any atom is -0.0683 e. The molecule has 0 saturated carbocycles. The van der Waals surface area contributed by atoms with Gasteiger partial charge in [-0.25, -0.2) is 0 Å². The Balaban J connectivity index is 0. The van der Waals surface area contributed by atoms with Crippen LogP contribution in [0.5, 0.6) is 0 Å². The van der Waals surface area contributed by atoms with Crippen LogP contribution >= 0.6 is 0 Å². The molecular weight excluding hydrogens is 228 g/mol. The summed E-state index contributed by atoms with van der Waals surface area (Å²) in [5.74, 6) is 0. The fourth-order valence-electron chi connectivity index (χ4n) is 1.75. The SMILES string of the molecule is CC.CCC.CCCCCCCCc1ccccc1. The molecule has 0 aliphatic rings. The number of rotatable bonds is 7. The average Bonchev–Trinajstić information content (AvgIpc) is 2.47. The third-order valence-corrected chi connectivity index (χ3v) is 2.66. The first kappa shape index (κ1) is 20.5. The highest BCUT2D eigenvalue weighted by molar-refractivity contribution is 5.14. The van der Waals surface area contributed by atoms with E-state index in [9.17, 15) is 0 Å². The van der Waals surface area contributed by atoms with E-state index in [0.29, 0.717) is 0 Å². The molecule has 0 atom stereocenters. The molecule has 0 N–H and O–H groups in total. The van der Waals surface area contributed by atoms with E-state index in [1.54, 1.807) is 0 Å². The van der Waals surface area contributed by atoms with Gasteiger partial charge in [0.25, 0.3) is 0 Å². The molecule has 1 aromatic carbocycles. The molecule has 0 aliphatic heterocycles. The Bertz CT molecular complexity index is 225. The lowest BCUT2D eigenvalue weighted by Crippen LogP contribution is -1.85. The first-order valence-electron chi connectivity index (χ1n) is 8.39. The second kappa shape index (κ2) is 19.6. The highest BCUT2D eigenvalue weighted by Crippen LogP contribution is 2.09. The zero-order valence-electron chi connectivity index (χ0n) is 14.0. The van der Waals surface area contributed by atoms with Crippen molar-refractivity contribution in [2.45, 2.75) is 86.0 Å². The van der Waals surface area contributed by atoms with E-state index in [2.05, 4.69) is 51.1 Å². The molecule has 1 rings (SSSR count). The fraction of sp³-hybridized carbons (Fsp3) is 0.684. The lowest BCUT2D eigenvalue weighted by atomic mass is 10.1. The molecule has 19 heavy (non-hydrogen) atoms. The third kappa shape index (κ3) is 17.2. The van der Waals surface area contributed by atoms with E-state index >= 15 is 0 Å². The summed E-state index contributed by atoms with van der Waals surface area (Å²) in [4.78, 5) is 0. The second-order valence-electron chi connectivity index (χ2n) is 4.71. The van der Waals surface area contributed by atoms with Gasteiger partial charge in [0.05, 0.1) is 0 Å². The van der Waals surface area contributed by atoms with Gasteiger partial charge >= 0.3 is 0 Å². The maximum absolute atomic E-state index is 2.27. The van der Waals surface area contributed by atoms with Gasteiger partial charge in [-0.1, -0.05) is 103 Å². The van der Waals surface area contributed by atoms with Crippen LogP contribution in [-0.4, -0.2) is 0 Å². The van der Waals surface area contributed by atoms with Crippen LogP contribution in [0, 0.1) is 0 Å². The summed E-state index contributed by atoms with van der Waals surface area (Å²) in [6, 6.07) is 10.8. The van der Waals surface area contributed by atoms with Crippen LogP contribution in [0.1, 0.15) is 85.1 Å². The molecule has 1 aromatic rings. The largest absolute Gasteiger partial charge is 0.0683 e. The van der Waals surface area contributed by atoms with E-state index in [0.717, 1.165) is 0 Å². The van der Waals surface area contributed by atoms with Crippen molar-refractivity contribution >= 4 is 0 Å². The Kier molecular flexibility index (Phi) is 21.1. The summed E-state index contributed by atoms with van der Waals surface area (Å²) in [6.45, 7) is 10.5. The minimum absolute atomic E-state index is 1.25. The van der Waals surface area contributed by atoms with Crippen molar-refractivity contribution in [3.63, 3.8) is 0 Å². The molecule has 0 bridgehead atoms. The van der Waals surface area contributed by atoms with Crippen molar-refractivity contribution < 1.29 is 0 Å². The summed E-state index contributed by atoms with van der Waals surface area (Å²) >= 11 is 0. The summed E-state index contributed by atoms with van der Waals surface area (Å²) in [5, 5.41) is 0. The molecule has 0 heteroatoms. The molecule has 0 aliphatic carbocycles. The Hall–Kier alpha value is -0.780. The zero-order valence-corrected chi connectivity index (χ0v) is 14.0. The van der Waals surface area contributed by atoms with E-state index in [-0.39, 0.29) is 0 Å². The summed E-state index contributed by atoms with van der Waals surface area (Å²) in [6.07, 6.45) is 10.9. The molecule has 0 amide bonds. The van der Waals surface area contributed by atoms with E-state index in [1.807, 2.05) is 13.8 Å². The van der Waals surface area contributed by atoms with E-state index in [1.165, 1.54) is 56.9 Å². The van der Waals surface area contributed by atoms with Crippen LogP contribution in [0.25, 0.3) is 0 Å². The number of hydrogen-bond donors (Lipinski definition) is 0. The van der Waals surface area contributed by atoms with Crippen molar-refractivity contribution in [1.82, 2.24) is 0 Å². The predicted molar refractivity (Wildman–Crippen MR) is 90.8 cm³/mol. The summed E-state index contributed by atoms with van der Waals surface area (Å²) in [5.41, 5.74) is 1.49. The Morgan fingerprint density at radius 2 is 1.16 bits per heavy atom. The van der Waals surface area contributed by atoms with Crippen LogP contribution < -0.4 is 0 Å². The van der Waals surface area contributed by atoms with Gasteiger partial charge in [-0.2, -0.15) is 0 Å². The van der Waals surface area contributed by atoms with Crippen LogP contribution in [0.3, 0.4) is 0 Å². The maximum Gasteiger partial charge on any atom is -0.0279 e. The number of benzene rings is 1. The lowest BCUT2D eigenvalue weighted by molar-refractivity contribution is 0.607. The number of aryl methyl sites for hydroxylation is 1. The quantitative estimate of drug-likeness (QED) is 0.464. The topological polar surface area (TPSA) is 0 Å². The molecule has 0 nitrogen and oxygen atoms in total. The van der Waals surface area contributed by atoms with Gasteiger partial charge in [-0.05, 0) is 18.4 Å². The molecule has 0 radical (unpaired) electrons. The van der Waals surface area contributed by atoms with Crippen molar-refractivity contribution in [3.05, 3.63) is 35.9 Å². The number of hydrogen-bond acceptors (Lipinski definition) is 0. The molecule has 0 unspecified atom stereocenters. The van der Waals surface area contributed by atoms with E-state index < -0.39 is 0 Å². The fourth-order valence-corrected chi connectivity index (χ4v) is 1.75.